The van der Waals surface area contributed by atoms with E-state index >= 15 is 0 Å². The predicted octanol–water partition coefficient (Wildman–Crippen LogP) is 2.65. The summed E-state index contributed by atoms with van der Waals surface area (Å²) in [4.78, 5) is 20.9. The van der Waals surface area contributed by atoms with Gasteiger partial charge in [0.15, 0.2) is 0 Å². The highest BCUT2D eigenvalue weighted by Gasteiger charge is 2.21. The number of aliphatic hydroxyl groups excluding tert-OH is 1. The van der Waals surface area contributed by atoms with E-state index in [1.807, 2.05) is 12.1 Å². The van der Waals surface area contributed by atoms with Crippen molar-refractivity contribution in [1.82, 2.24) is 14.8 Å². The molecular formula is C25H35N3O3. The monoisotopic (exact) mass is 425 g/mol. The molecule has 31 heavy (non-hydrogen) atoms. The molecule has 1 aromatic carbocycles. The van der Waals surface area contributed by atoms with Crippen LogP contribution >= 0.6 is 0 Å². The third-order valence-electron chi connectivity index (χ3n) is 5.94. The number of carbonyl (C=O) groups is 1. The number of benzene rings is 1. The molecule has 168 valence electrons. The molecule has 6 nitrogen and oxygen atoms in total. The lowest BCUT2D eigenvalue weighted by atomic mass is 9.97. The molecule has 6 heteroatoms. The number of β-amino-alcohol motifs (C(OH)–C–C–N with tert-alkyl or cyclic N) is 1. The SMILES string of the molecule is Cc1cccc(C)c1CCCC(=O)CN1CCN(CC(O)COc2cccnc2)CC1. The topological polar surface area (TPSA) is 65.9 Å². The summed E-state index contributed by atoms with van der Waals surface area (Å²) >= 11 is 0. The van der Waals surface area contributed by atoms with E-state index in [2.05, 4.69) is 46.8 Å². The zero-order valence-electron chi connectivity index (χ0n) is 18.8. The maximum atomic E-state index is 12.4. The lowest BCUT2D eigenvalue weighted by Crippen LogP contribution is -2.50. The number of aliphatic hydroxyl groups is 1. The van der Waals surface area contributed by atoms with Gasteiger partial charge in [0.05, 0.1) is 12.7 Å². The Morgan fingerprint density at radius 1 is 1.10 bits per heavy atom. The molecule has 0 saturated carbocycles. The highest BCUT2D eigenvalue weighted by Crippen LogP contribution is 2.16. The van der Waals surface area contributed by atoms with Gasteiger partial charge in [0, 0.05) is 45.3 Å². The van der Waals surface area contributed by atoms with E-state index in [1.54, 1.807) is 12.4 Å². The Kier molecular flexibility index (Phi) is 9.00. The van der Waals surface area contributed by atoms with Gasteiger partial charge < -0.3 is 9.84 Å². The molecule has 0 aliphatic carbocycles. The van der Waals surface area contributed by atoms with E-state index in [1.165, 1.54) is 16.7 Å². The van der Waals surface area contributed by atoms with Crippen molar-refractivity contribution < 1.29 is 14.6 Å². The number of carbonyl (C=O) groups excluding carboxylic acids is 1. The first-order valence-electron chi connectivity index (χ1n) is 11.2. The molecule has 2 aromatic rings. The van der Waals surface area contributed by atoms with E-state index in [-0.39, 0.29) is 6.61 Å². The number of Topliss-reactive ketones (excluding diaryl/α,β-unsaturated/α-hetero) is 1. The van der Waals surface area contributed by atoms with Crippen molar-refractivity contribution in [3.63, 3.8) is 0 Å². The number of nitrogens with zero attached hydrogens (tertiary/aromatic N) is 3. The van der Waals surface area contributed by atoms with Crippen molar-refractivity contribution in [2.24, 2.45) is 0 Å². The van der Waals surface area contributed by atoms with Crippen LogP contribution in [-0.2, 0) is 11.2 Å². The second-order valence-electron chi connectivity index (χ2n) is 8.49. The minimum Gasteiger partial charge on any atom is -0.489 e. The Hall–Kier alpha value is -2.28. The van der Waals surface area contributed by atoms with Crippen molar-refractivity contribution in [2.45, 2.75) is 39.2 Å². The quantitative estimate of drug-likeness (QED) is 0.597. The third kappa shape index (κ3) is 7.73. The number of rotatable bonds is 11. The smallest absolute Gasteiger partial charge is 0.146 e. The average Bonchev–Trinajstić information content (AvgIpc) is 2.76. The summed E-state index contributed by atoms with van der Waals surface area (Å²) in [6, 6.07) is 10.0. The molecule has 1 atom stereocenters. The molecule has 0 spiro atoms. The molecule has 1 aliphatic rings. The normalized spacial score (nSPS) is 16.2. The summed E-state index contributed by atoms with van der Waals surface area (Å²) in [6.45, 7) is 9.10. The predicted molar refractivity (Wildman–Crippen MR) is 122 cm³/mol. The number of ether oxygens (including phenoxy) is 1. The van der Waals surface area contributed by atoms with Crippen molar-refractivity contribution >= 4 is 5.78 Å². The van der Waals surface area contributed by atoms with E-state index in [9.17, 15) is 9.90 Å². The number of pyridine rings is 1. The van der Waals surface area contributed by atoms with Gasteiger partial charge in [-0.05, 0) is 55.5 Å². The highest BCUT2D eigenvalue weighted by molar-refractivity contribution is 5.80. The second-order valence-corrected chi connectivity index (χ2v) is 8.49. The number of piperazine rings is 1. The van der Waals surface area contributed by atoms with E-state index in [0.29, 0.717) is 31.0 Å². The molecule has 0 bridgehead atoms. The molecular weight excluding hydrogens is 390 g/mol. The van der Waals surface area contributed by atoms with Gasteiger partial charge in [0.2, 0.25) is 0 Å². The van der Waals surface area contributed by atoms with Gasteiger partial charge in [-0.3, -0.25) is 19.6 Å². The van der Waals surface area contributed by atoms with Crippen LogP contribution in [0.5, 0.6) is 5.75 Å². The van der Waals surface area contributed by atoms with Crippen LogP contribution in [0.25, 0.3) is 0 Å². The zero-order chi connectivity index (χ0) is 22.1. The van der Waals surface area contributed by atoms with Gasteiger partial charge in [0.1, 0.15) is 24.2 Å². The van der Waals surface area contributed by atoms with Crippen molar-refractivity contribution in [3.05, 3.63) is 59.4 Å². The standard InChI is InChI=1S/C25H35N3O3/c1-20-6-3-7-21(2)25(20)10-4-8-22(29)17-27-12-14-28(15-13-27)18-23(30)19-31-24-9-5-11-26-16-24/h3,5-7,9,11,16,23,30H,4,8,10,12-15,17-19H2,1-2H3. The summed E-state index contributed by atoms with van der Waals surface area (Å²) in [6.07, 6.45) is 5.31. The van der Waals surface area contributed by atoms with Crippen LogP contribution < -0.4 is 4.74 Å². The van der Waals surface area contributed by atoms with Crippen molar-refractivity contribution in [1.29, 1.82) is 0 Å². The van der Waals surface area contributed by atoms with Gasteiger partial charge in [-0.15, -0.1) is 0 Å². The molecule has 1 saturated heterocycles. The minimum absolute atomic E-state index is 0.255. The summed E-state index contributed by atoms with van der Waals surface area (Å²) in [5, 5.41) is 10.2. The van der Waals surface area contributed by atoms with Gasteiger partial charge in [-0.25, -0.2) is 0 Å². The zero-order valence-corrected chi connectivity index (χ0v) is 18.8. The Balaban J connectivity index is 1.30. The summed E-state index contributed by atoms with van der Waals surface area (Å²) in [5.74, 6) is 0.993. The van der Waals surface area contributed by atoms with Gasteiger partial charge >= 0.3 is 0 Å². The number of hydrogen-bond acceptors (Lipinski definition) is 6. The van der Waals surface area contributed by atoms with Crippen LogP contribution in [0.15, 0.2) is 42.7 Å². The van der Waals surface area contributed by atoms with Crippen LogP contribution in [0.4, 0.5) is 0 Å². The molecule has 3 rings (SSSR count). The highest BCUT2D eigenvalue weighted by atomic mass is 16.5. The molecule has 1 N–H and O–H groups in total. The Labute approximate surface area is 185 Å². The van der Waals surface area contributed by atoms with Gasteiger partial charge in [-0.1, -0.05) is 18.2 Å². The van der Waals surface area contributed by atoms with E-state index in [0.717, 1.165) is 39.0 Å². The van der Waals surface area contributed by atoms with Crippen LogP contribution in [0.2, 0.25) is 0 Å². The maximum absolute atomic E-state index is 12.4. The van der Waals surface area contributed by atoms with Crippen LogP contribution in [0.1, 0.15) is 29.5 Å². The Morgan fingerprint density at radius 3 is 2.48 bits per heavy atom. The van der Waals surface area contributed by atoms with Crippen LogP contribution in [0, 0.1) is 13.8 Å². The lowest BCUT2D eigenvalue weighted by molar-refractivity contribution is -0.120. The largest absolute Gasteiger partial charge is 0.489 e. The van der Waals surface area contributed by atoms with Gasteiger partial charge in [-0.2, -0.15) is 0 Å². The second kappa shape index (κ2) is 11.9. The number of aryl methyl sites for hydroxylation is 2. The molecule has 1 fully saturated rings. The number of ketones is 1. The van der Waals surface area contributed by atoms with Gasteiger partial charge in [0.25, 0.3) is 0 Å². The molecule has 1 unspecified atom stereocenters. The van der Waals surface area contributed by atoms with E-state index in [4.69, 9.17) is 4.74 Å². The molecule has 0 amide bonds. The first-order chi connectivity index (χ1) is 15.0. The lowest BCUT2D eigenvalue weighted by Gasteiger charge is -2.35. The fourth-order valence-electron chi connectivity index (χ4n) is 4.14. The Bertz CT molecular complexity index is 800. The third-order valence-corrected chi connectivity index (χ3v) is 5.94. The first kappa shape index (κ1) is 23.4. The summed E-state index contributed by atoms with van der Waals surface area (Å²) < 4.78 is 5.57. The number of hydrogen-bond donors (Lipinski definition) is 1. The molecule has 2 heterocycles. The minimum atomic E-state index is -0.543. The average molecular weight is 426 g/mol. The molecule has 0 radical (unpaired) electrons. The van der Waals surface area contributed by atoms with E-state index < -0.39 is 6.10 Å². The summed E-state index contributed by atoms with van der Waals surface area (Å²) in [5.41, 5.74) is 4.02. The van der Waals surface area contributed by atoms with Crippen LogP contribution in [0.3, 0.4) is 0 Å². The number of aromatic nitrogens is 1. The fourth-order valence-corrected chi connectivity index (χ4v) is 4.14. The molecule has 1 aromatic heterocycles. The van der Waals surface area contributed by atoms with Crippen molar-refractivity contribution in [3.8, 4) is 5.75 Å². The van der Waals surface area contributed by atoms with Crippen molar-refractivity contribution in [2.75, 3.05) is 45.9 Å². The molecule has 1 aliphatic heterocycles. The Morgan fingerprint density at radius 2 is 1.81 bits per heavy atom. The first-order valence-corrected chi connectivity index (χ1v) is 11.2. The fraction of sp³-hybridized carbons (Fsp3) is 0.520. The van der Waals surface area contributed by atoms with Crippen LogP contribution in [-0.4, -0.2) is 77.7 Å². The maximum Gasteiger partial charge on any atom is 0.146 e. The summed E-state index contributed by atoms with van der Waals surface area (Å²) in [7, 11) is 0.